The van der Waals surface area contributed by atoms with Crippen LogP contribution in [-0.4, -0.2) is 18.6 Å². The van der Waals surface area contributed by atoms with Gasteiger partial charge in [0.25, 0.3) is 0 Å². The van der Waals surface area contributed by atoms with E-state index < -0.39 is 26.2 Å². The minimum absolute atomic E-state index is 0.0977. The summed E-state index contributed by atoms with van der Waals surface area (Å²) in [4.78, 5) is 19.8. The van der Waals surface area contributed by atoms with Crippen molar-refractivity contribution in [3.8, 4) is 0 Å². The van der Waals surface area contributed by atoms with Crippen molar-refractivity contribution >= 4 is 57.3 Å². The Morgan fingerprint density at radius 1 is 0.941 bits per heavy atom. The van der Waals surface area contributed by atoms with Gasteiger partial charge in [0.1, 0.15) is 10.5 Å². The number of benzene rings is 1. The summed E-state index contributed by atoms with van der Waals surface area (Å²) in [6, 6.07) is 0. The van der Waals surface area contributed by atoms with Gasteiger partial charge >= 0.3 is 11.4 Å². The molecule has 2 aromatic rings. The van der Waals surface area contributed by atoms with Crippen LogP contribution in [0.2, 0.25) is 10.0 Å². The second-order valence-electron chi connectivity index (χ2n) is 2.80. The van der Waals surface area contributed by atoms with Crippen LogP contribution < -0.4 is 0 Å². The summed E-state index contributed by atoms with van der Waals surface area (Å²) in [6.45, 7) is 0. The molecule has 0 unspecified atom stereocenters. The zero-order chi connectivity index (χ0) is 12.7. The molecule has 0 N–H and O–H groups in total. The first-order chi connectivity index (χ1) is 7.95. The predicted molar refractivity (Wildman–Crippen MR) is 60.7 cm³/mol. The summed E-state index contributed by atoms with van der Waals surface area (Å²) in [5.41, 5.74) is -1.65. The van der Waals surface area contributed by atoms with Crippen LogP contribution >= 0.6 is 34.9 Å². The van der Waals surface area contributed by atoms with Crippen molar-refractivity contribution in [2.24, 2.45) is 0 Å². The molecule has 8 nitrogen and oxygen atoms in total. The van der Waals surface area contributed by atoms with Crippen molar-refractivity contribution in [1.82, 2.24) is 8.75 Å². The van der Waals surface area contributed by atoms with Crippen LogP contribution in [0.5, 0.6) is 0 Å². The molecular weight excluding hydrogens is 295 g/mol. The summed E-state index contributed by atoms with van der Waals surface area (Å²) in [7, 11) is 0. The van der Waals surface area contributed by atoms with Crippen molar-refractivity contribution in [3.05, 3.63) is 30.3 Å². The van der Waals surface area contributed by atoms with Gasteiger partial charge in [0.2, 0.25) is 0 Å². The number of rotatable bonds is 2. The topological polar surface area (TPSA) is 112 Å². The van der Waals surface area contributed by atoms with Gasteiger partial charge in [-0.3, -0.25) is 20.2 Å². The Kier molecular flexibility index (Phi) is 2.81. The fourth-order valence-electron chi connectivity index (χ4n) is 1.24. The molecule has 0 atom stereocenters. The van der Waals surface area contributed by atoms with Gasteiger partial charge < -0.3 is 0 Å². The van der Waals surface area contributed by atoms with E-state index >= 15 is 0 Å². The Balaban J connectivity index is 3.02. The molecule has 0 amide bonds. The zero-order valence-electron chi connectivity index (χ0n) is 7.59. The van der Waals surface area contributed by atoms with Gasteiger partial charge in [-0.2, -0.15) is 8.75 Å². The highest BCUT2D eigenvalue weighted by Crippen LogP contribution is 2.45. The molecular formula is C6Cl2N4O4S. The number of halogens is 2. The zero-order valence-corrected chi connectivity index (χ0v) is 9.91. The van der Waals surface area contributed by atoms with E-state index in [1.54, 1.807) is 0 Å². The summed E-state index contributed by atoms with van der Waals surface area (Å²) in [5.74, 6) is 0. The van der Waals surface area contributed by atoms with Crippen LogP contribution in [0.1, 0.15) is 0 Å². The van der Waals surface area contributed by atoms with Crippen molar-refractivity contribution in [1.29, 1.82) is 0 Å². The van der Waals surface area contributed by atoms with Gasteiger partial charge in [-0.1, -0.05) is 23.2 Å². The highest BCUT2D eigenvalue weighted by molar-refractivity contribution is 7.00. The number of nitrogens with zero attached hydrogens (tertiary/aromatic N) is 4. The summed E-state index contributed by atoms with van der Waals surface area (Å²) >= 11 is 12.0. The molecule has 0 radical (unpaired) electrons. The van der Waals surface area contributed by atoms with Crippen LogP contribution in [0, 0.1) is 20.2 Å². The molecule has 0 bridgehead atoms. The van der Waals surface area contributed by atoms with E-state index in [1.165, 1.54) is 0 Å². The fourth-order valence-corrected chi connectivity index (χ4v) is 2.51. The Bertz CT molecular complexity index is 657. The number of nitro groups is 2. The SMILES string of the molecule is O=[N+]([O-])c1c(Cl)c([N+](=O)[O-])c2nsnc2c1Cl. The maximum absolute atomic E-state index is 10.8. The molecule has 0 saturated heterocycles. The number of fused-ring (bicyclic) bond motifs is 1. The molecule has 0 saturated carbocycles. The molecule has 1 aromatic heterocycles. The lowest BCUT2D eigenvalue weighted by molar-refractivity contribution is -0.392. The molecule has 1 aromatic carbocycles. The lowest BCUT2D eigenvalue weighted by Crippen LogP contribution is -1.97. The van der Waals surface area contributed by atoms with E-state index in [4.69, 9.17) is 23.2 Å². The molecule has 0 spiro atoms. The Morgan fingerprint density at radius 2 is 1.47 bits per heavy atom. The minimum atomic E-state index is -0.892. The molecule has 1 heterocycles. The second kappa shape index (κ2) is 4.02. The van der Waals surface area contributed by atoms with Crippen molar-refractivity contribution in [2.45, 2.75) is 0 Å². The van der Waals surface area contributed by atoms with Crippen LogP contribution in [0.3, 0.4) is 0 Å². The molecule has 0 aliphatic carbocycles. The lowest BCUT2D eigenvalue weighted by atomic mass is 10.2. The quantitative estimate of drug-likeness (QED) is 0.622. The third-order valence-electron chi connectivity index (χ3n) is 1.91. The van der Waals surface area contributed by atoms with E-state index in [1.807, 2.05) is 0 Å². The van der Waals surface area contributed by atoms with E-state index in [2.05, 4.69) is 8.75 Å². The molecule has 88 valence electrons. The minimum Gasteiger partial charge on any atom is -0.258 e. The monoisotopic (exact) mass is 294 g/mol. The Labute approximate surface area is 106 Å². The first-order valence-electron chi connectivity index (χ1n) is 3.87. The average Bonchev–Trinajstić information content (AvgIpc) is 2.65. The standard InChI is InChI=1S/C6Cl2N4O4S/c7-1-3-4(10-17-9-3)6(12(15)16)2(8)5(1)11(13)14. The maximum atomic E-state index is 10.8. The summed E-state index contributed by atoms with van der Waals surface area (Å²) in [6.07, 6.45) is 0. The van der Waals surface area contributed by atoms with Crippen molar-refractivity contribution < 1.29 is 9.85 Å². The smallest absolute Gasteiger partial charge is 0.258 e. The van der Waals surface area contributed by atoms with Gasteiger partial charge in [0.15, 0.2) is 10.5 Å². The van der Waals surface area contributed by atoms with Crippen LogP contribution in [0.4, 0.5) is 11.4 Å². The van der Waals surface area contributed by atoms with E-state index in [0.29, 0.717) is 11.7 Å². The molecule has 2 rings (SSSR count). The first kappa shape index (κ1) is 11.9. The van der Waals surface area contributed by atoms with Gasteiger partial charge in [-0.05, 0) is 0 Å². The van der Waals surface area contributed by atoms with Gasteiger partial charge in [0, 0.05) is 0 Å². The number of hydrogen-bond donors (Lipinski definition) is 0. The van der Waals surface area contributed by atoms with Crippen LogP contribution in [-0.2, 0) is 0 Å². The van der Waals surface area contributed by atoms with E-state index in [9.17, 15) is 20.2 Å². The molecule has 0 aliphatic rings. The second-order valence-corrected chi connectivity index (χ2v) is 4.09. The van der Waals surface area contributed by atoms with Crippen molar-refractivity contribution in [2.75, 3.05) is 0 Å². The number of aromatic nitrogens is 2. The van der Waals surface area contributed by atoms with E-state index in [-0.39, 0.29) is 16.1 Å². The lowest BCUT2D eigenvalue weighted by Gasteiger charge is -2.00. The van der Waals surface area contributed by atoms with Crippen LogP contribution in [0.25, 0.3) is 11.0 Å². The Hall–Kier alpha value is -1.58. The highest BCUT2D eigenvalue weighted by atomic mass is 35.5. The summed E-state index contributed by atoms with van der Waals surface area (Å²) in [5, 5.41) is 20.6. The first-order valence-corrected chi connectivity index (χ1v) is 5.35. The van der Waals surface area contributed by atoms with E-state index in [0.717, 1.165) is 0 Å². The fraction of sp³-hybridized carbons (Fsp3) is 0. The Morgan fingerprint density at radius 3 is 2.00 bits per heavy atom. The molecule has 0 aliphatic heterocycles. The number of hydrogen-bond acceptors (Lipinski definition) is 7. The molecule has 0 fully saturated rings. The van der Waals surface area contributed by atoms with Gasteiger partial charge in [-0.15, -0.1) is 0 Å². The normalized spacial score (nSPS) is 10.7. The molecule has 17 heavy (non-hydrogen) atoms. The third-order valence-corrected chi connectivity index (χ3v) is 3.15. The number of nitro benzene ring substituents is 2. The summed E-state index contributed by atoms with van der Waals surface area (Å²) < 4.78 is 7.34. The highest BCUT2D eigenvalue weighted by Gasteiger charge is 2.34. The molecule has 11 heteroatoms. The van der Waals surface area contributed by atoms with Gasteiger partial charge in [-0.25, -0.2) is 0 Å². The van der Waals surface area contributed by atoms with Crippen LogP contribution in [0.15, 0.2) is 0 Å². The largest absolute Gasteiger partial charge is 0.323 e. The van der Waals surface area contributed by atoms with Gasteiger partial charge in [0.05, 0.1) is 21.6 Å². The maximum Gasteiger partial charge on any atom is 0.323 e. The third kappa shape index (κ3) is 1.68. The predicted octanol–water partition coefficient (Wildman–Crippen LogP) is 2.81. The van der Waals surface area contributed by atoms with Crippen molar-refractivity contribution in [3.63, 3.8) is 0 Å². The average molecular weight is 295 g/mol.